The van der Waals surface area contributed by atoms with Gasteiger partial charge < -0.3 is 15.1 Å². The number of alkyl halides is 6. The SMILES string of the molecule is O=C(c1cc(C(F)(F)F)cc(C(F)(F)F)c1)N1CCC2(CC1)C(=O)NCN2C(=O)c1ccccc1. The summed E-state index contributed by atoms with van der Waals surface area (Å²) in [5.41, 5.74) is -4.84. The predicted molar refractivity (Wildman–Crippen MR) is 110 cm³/mol. The minimum Gasteiger partial charge on any atom is -0.338 e. The number of halogens is 6. The molecule has 6 nitrogen and oxygen atoms in total. The molecule has 2 fully saturated rings. The van der Waals surface area contributed by atoms with E-state index in [1.54, 1.807) is 30.3 Å². The summed E-state index contributed by atoms with van der Waals surface area (Å²) in [6.45, 7) is -0.325. The van der Waals surface area contributed by atoms with Gasteiger partial charge in [-0.1, -0.05) is 18.2 Å². The van der Waals surface area contributed by atoms with Crippen LogP contribution in [0.3, 0.4) is 0 Å². The topological polar surface area (TPSA) is 69.7 Å². The predicted octanol–water partition coefficient (Wildman–Crippen LogP) is 3.93. The van der Waals surface area contributed by atoms with Gasteiger partial charge in [0, 0.05) is 24.2 Å². The zero-order valence-corrected chi connectivity index (χ0v) is 18.0. The van der Waals surface area contributed by atoms with E-state index in [4.69, 9.17) is 0 Å². The van der Waals surface area contributed by atoms with Crippen LogP contribution in [0.15, 0.2) is 48.5 Å². The van der Waals surface area contributed by atoms with Crippen LogP contribution < -0.4 is 5.32 Å². The molecular formula is C23H19F6N3O3. The van der Waals surface area contributed by atoms with Crippen LogP contribution in [0.1, 0.15) is 44.7 Å². The fourth-order valence-electron chi connectivity index (χ4n) is 4.43. The van der Waals surface area contributed by atoms with Crippen molar-refractivity contribution in [1.29, 1.82) is 0 Å². The number of piperidine rings is 1. The first kappa shape index (κ1) is 24.6. The molecule has 186 valence electrons. The lowest BCUT2D eigenvalue weighted by Crippen LogP contribution is -2.58. The molecule has 2 aliphatic heterocycles. The average molecular weight is 499 g/mol. The van der Waals surface area contributed by atoms with Gasteiger partial charge in [0.2, 0.25) is 5.91 Å². The number of nitrogens with one attached hydrogen (secondary N) is 1. The lowest BCUT2D eigenvalue weighted by molar-refractivity contribution is -0.143. The maximum absolute atomic E-state index is 13.2. The first-order chi connectivity index (χ1) is 16.3. The fourth-order valence-corrected chi connectivity index (χ4v) is 4.43. The Labute approximate surface area is 195 Å². The number of benzene rings is 2. The molecule has 12 heteroatoms. The number of rotatable bonds is 2. The molecular weight excluding hydrogens is 480 g/mol. The first-order valence-electron chi connectivity index (χ1n) is 10.6. The summed E-state index contributed by atoms with van der Waals surface area (Å²) in [5.74, 6) is -1.85. The summed E-state index contributed by atoms with van der Waals surface area (Å²) >= 11 is 0. The van der Waals surface area contributed by atoms with Gasteiger partial charge in [-0.3, -0.25) is 14.4 Å². The quantitative estimate of drug-likeness (QED) is 0.637. The van der Waals surface area contributed by atoms with Gasteiger partial charge in [-0.05, 0) is 43.2 Å². The van der Waals surface area contributed by atoms with E-state index in [2.05, 4.69) is 5.32 Å². The van der Waals surface area contributed by atoms with Crippen LogP contribution >= 0.6 is 0 Å². The van der Waals surface area contributed by atoms with Crippen molar-refractivity contribution in [2.45, 2.75) is 30.7 Å². The molecule has 0 saturated carbocycles. The van der Waals surface area contributed by atoms with Crippen LogP contribution in [0.25, 0.3) is 0 Å². The smallest absolute Gasteiger partial charge is 0.338 e. The lowest BCUT2D eigenvalue weighted by atomic mass is 9.85. The van der Waals surface area contributed by atoms with E-state index in [1.807, 2.05) is 0 Å². The number of carbonyl (C=O) groups is 3. The minimum absolute atomic E-state index is 0.0196. The zero-order valence-electron chi connectivity index (χ0n) is 18.0. The Balaban J connectivity index is 1.57. The summed E-state index contributed by atoms with van der Waals surface area (Å²) < 4.78 is 79.0. The molecule has 35 heavy (non-hydrogen) atoms. The van der Waals surface area contributed by atoms with Gasteiger partial charge in [-0.25, -0.2) is 0 Å². The van der Waals surface area contributed by atoms with E-state index in [-0.39, 0.29) is 38.7 Å². The Bertz CT molecular complexity index is 1120. The normalized spacial score (nSPS) is 18.1. The van der Waals surface area contributed by atoms with Gasteiger partial charge in [0.1, 0.15) is 5.54 Å². The summed E-state index contributed by atoms with van der Waals surface area (Å²) in [7, 11) is 0. The molecule has 1 N–H and O–H groups in total. The molecule has 2 saturated heterocycles. The van der Waals surface area contributed by atoms with Crippen LogP contribution in [-0.4, -0.2) is 52.8 Å². The van der Waals surface area contributed by atoms with Crippen LogP contribution in [0.5, 0.6) is 0 Å². The van der Waals surface area contributed by atoms with Crippen LogP contribution in [0.4, 0.5) is 26.3 Å². The van der Waals surface area contributed by atoms with Gasteiger partial charge in [-0.2, -0.15) is 26.3 Å². The van der Waals surface area contributed by atoms with Crippen molar-refractivity contribution >= 4 is 17.7 Å². The molecule has 2 heterocycles. The number of hydrogen-bond acceptors (Lipinski definition) is 3. The summed E-state index contributed by atoms with van der Waals surface area (Å²) in [4.78, 5) is 41.0. The van der Waals surface area contributed by atoms with Crippen molar-refractivity contribution in [2.24, 2.45) is 0 Å². The van der Waals surface area contributed by atoms with E-state index in [9.17, 15) is 40.7 Å². The fraction of sp³-hybridized carbons (Fsp3) is 0.348. The summed E-state index contributed by atoms with van der Waals surface area (Å²) in [5, 5.41) is 2.62. The standard InChI is InChI=1S/C23H19F6N3O3/c24-22(25,26)16-10-15(11-17(12-16)23(27,28)29)18(33)31-8-6-21(7-9-31)20(35)30-13-32(21)19(34)14-4-2-1-3-5-14/h1-5,10-12H,6-9,13H2,(H,30,35). The molecule has 4 rings (SSSR count). The van der Waals surface area contributed by atoms with Gasteiger partial charge >= 0.3 is 12.4 Å². The maximum Gasteiger partial charge on any atom is 0.416 e. The molecule has 0 aliphatic carbocycles. The molecule has 0 atom stereocenters. The molecule has 1 spiro atoms. The molecule has 2 aliphatic rings. The molecule has 2 aromatic carbocycles. The molecule has 2 aromatic rings. The highest BCUT2D eigenvalue weighted by Gasteiger charge is 2.53. The van der Waals surface area contributed by atoms with Crippen molar-refractivity contribution in [3.05, 3.63) is 70.8 Å². The van der Waals surface area contributed by atoms with E-state index >= 15 is 0 Å². The Morgan fingerprint density at radius 3 is 1.86 bits per heavy atom. The first-order valence-corrected chi connectivity index (χ1v) is 10.6. The second-order valence-corrected chi connectivity index (χ2v) is 8.38. The van der Waals surface area contributed by atoms with Gasteiger partial charge in [-0.15, -0.1) is 0 Å². The van der Waals surface area contributed by atoms with E-state index in [0.717, 1.165) is 4.90 Å². The highest BCUT2D eigenvalue weighted by Crippen LogP contribution is 2.38. The van der Waals surface area contributed by atoms with Gasteiger partial charge in [0.05, 0.1) is 17.8 Å². The van der Waals surface area contributed by atoms with Crippen LogP contribution in [0, 0.1) is 0 Å². The number of amides is 3. The van der Waals surface area contributed by atoms with Crippen LogP contribution in [-0.2, 0) is 17.1 Å². The molecule has 3 amide bonds. The summed E-state index contributed by atoms with van der Waals surface area (Å²) in [6.07, 6.45) is -10.2. The van der Waals surface area contributed by atoms with Crippen molar-refractivity contribution in [2.75, 3.05) is 19.8 Å². The Kier molecular flexibility index (Phi) is 6.02. The Morgan fingerprint density at radius 1 is 0.800 bits per heavy atom. The second-order valence-electron chi connectivity index (χ2n) is 8.38. The maximum atomic E-state index is 13.2. The number of likely N-dealkylation sites (tertiary alicyclic amines) is 1. The second kappa shape index (κ2) is 8.58. The number of carbonyl (C=O) groups excluding carboxylic acids is 3. The third kappa shape index (κ3) is 4.56. The molecule has 0 aromatic heterocycles. The van der Waals surface area contributed by atoms with E-state index < -0.39 is 52.3 Å². The lowest BCUT2D eigenvalue weighted by Gasteiger charge is -2.42. The number of nitrogens with zero attached hydrogens (tertiary/aromatic N) is 2. The molecule has 0 radical (unpaired) electrons. The third-order valence-electron chi connectivity index (χ3n) is 6.32. The van der Waals surface area contributed by atoms with Crippen molar-refractivity contribution in [3.63, 3.8) is 0 Å². The van der Waals surface area contributed by atoms with Crippen molar-refractivity contribution in [1.82, 2.24) is 15.1 Å². The van der Waals surface area contributed by atoms with E-state index in [0.29, 0.717) is 17.7 Å². The van der Waals surface area contributed by atoms with Gasteiger partial charge in [0.15, 0.2) is 0 Å². The van der Waals surface area contributed by atoms with Crippen molar-refractivity contribution in [3.8, 4) is 0 Å². The Morgan fingerprint density at radius 2 is 1.34 bits per heavy atom. The molecule has 0 unspecified atom stereocenters. The third-order valence-corrected chi connectivity index (χ3v) is 6.32. The highest BCUT2D eigenvalue weighted by atomic mass is 19.4. The zero-order chi connectivity index (χ0) is 25.6. The Hall–Kier alpha value is -3.57. The number of hydrogen-bond donors (Lipinski definition) is 1. The highest BCUT2D eigenvalue weighted by molar-refractivity contribution is 6.01. The average Bonchev–Trinajstić information content (AvgIpc) is 3.13. The van der Waals surface area contributed by atoms with Gasteiger partial charge in [0.25, 0.3) is 11.8 Å². The molecule has 0 bridgehead atoms. The van der Waals surface area contributed by atoms with E-state index in [1.165, 1.54) is 4.90 Å². The summed E-state index contributed by atoms with van der Waals surface area (Å²) in [6, 6.07) is 8.95. The van der Waals surface area contributed by atoms with Crippen LogP contribution in [0.2, 0.25) is 0 Å². The minimum atomic E-state index is -5.08. The largest absolute Gasteiger partial charge is 0.416 e. The monoisotopic (exact) mass is 499 g/mol. The van der Waals surface area contributed by atoms with Crippen molar-refractivity contribution < 1.29 is 40.7 Å².